The molecule has 0 N–H and O–H groups in total. The van der Waals surface area contributed by atoms with Crippen molar-refractivity contribution >= 4 is 27.5 Å². The molecular formula is C15H9BrClFN2O2. The number of hydrogen-bond acceptors (Lipinski definition) is 4. The first-order valence-electron chi connectivity index (χ1n) is 6.28. The molecular weight excluding hydrogens is 375 g/mol. The quantitative estimate of drug-likeness (QED) is 0.645. The highest BCUT2D eigenvalue weighted by molar-refractivity contribution is 9.10. The molecule has 0 aliphatic heterocycles. The Morgan fingerprint density at radius 3 is 2.68 bits per heavy atom. The zero-order chi connectivity index (χ0) is 15.5. The molecule has 0 unspecified atom stereocenters. The number of benzene rings is 2. The monoisotopic (exact) mass is 382 g/mol. The van der Waals surface area contributed by atoms with Crippen LogP contribution in [0.1, 0.15) is 5.82 Å². The second-order valence-electron chi connectivity index (χ2n) is 4.39. The summed E-state index contributed by atoms with van der Waals surface area (Å²) in [6.45, 7) is 0.112. The number of hydrogen-bond donors (Lipinski definition) is 0. The lowest BCUT2D eigenvalue weighted by atomic mass is 10.2. The fourth-order valence-corrected chi connectivity index (χ4v) is 2.35. The van der Waals surface area contributed by atoms with Crippen molar-refractivity contribution in [1.82, 2.24) is 10.1 Å². The van der Waals surface area contributed by atoms with E-state index in [9.17, 15) is 4.39 Å². The lowest BCUT2D eigenvalue weighted by Crippen LogP contribution is -1.98. The Hall–Kier alpha value is -1.92. The van der Waals surface area contributed by atoms with E-state index in [-0.39, 0.29) is 12.4 Å². The molecule has 0 saturated carbocycles. The summed E-state index contributed by atoms with van der Waals surface area (Å²) in [5.74, 6) is 0.928. The van der Waals surface area contributed by atoms with Gasteiger partial charge in [0.2, 0.25) is 5.82 Å². The van der Waals surface area contributed by atoms with Crippen molar-refractivity contribution < 1.29 is 13.7 Å². The second-order valence-corrected chi connectivity index (χ2v) is 5.68. The van der Waals surface area contributed by atoms with Gasteiger partial charge in [-0.2, -0.15) is 4.98 Å². The van der Waals surface area contributed by atoms with Crippen LogP contribution in [0, 0.1) is 5.82 Å². The maximum absolute atomic E-state index is 13.0. The van der Waals surface area contributed by atoms with Crippen LogP contribution in [0.2, 0.25) is 5.02 Å². The molecule has 22 heavy (non-hydrogen) atoms. The minimum Gasteiger partial charge on any atom is -0.484 e. The molecule has 3 rings (SSSR count). The SMILES string of the molecule is Fc1ccc(OCc2noc(-c3ccc(Cl)cc3)n2)c(Br)c1. The number of rotatable bonds is 4. The molecule has 0 fully saturated rings. The van der Waals surface area contributed by atoms with E-state index >= 15 is 0 Å². The summed E-state index contributed by atoms with van der Waals surface area (Å²) in [5.41, 5.74) is 0.770. The topological polar surface area (TPSA) is 48.2 Å². The first-order chi connectivity index (χ1) is 10.6. The number of halogens is 3. The fourth-order valence-electron chi connectivity index (χ4n) is 1.76. The first-order valence-corrected chi connectivity index (χ1v) is 7.45. The standard InChI is InChI=1S/C15H9BrClFN2O2/c16-12-7-11(18)5-6-13(12)21-8-14-19-15(22-20-14)9-1-3-10(17)4-2-9/h1-7H,8H2. The molecule has 0 bridgehead atoms. The molecule has 1 aromatic heterocycles. The summed E-state index contributed by atoms with van der Waals surface area (Å²) in [4.78, 5) is 4.24. The van der Waals surface area contributed by atoms with Crippen LogP contribution in [0.5, 0.6) is 5.75 Å². The van der Waals surface area contributed by atoms with Crippen molar-refractivity contribution in [2.24, 2.45) is 0 Å². The molecule has 0 radical (unpaired) electrons. The molecule has 0 atom stereocenters. The molecule has 0 aliphatic rings. The van der Waals surface area contributed by atoms with E-state index in [1.54, 1.807) is 24.3 Å². The van der Waals surface area contributed by atoms with Crippen molar-refractivity contribution in [3.63, 3.8) is 0 Å². The van der Waals surface area contributed by atoms with Crippen molar-refractivity contribution in [3.8, 4) is 17.2 Å². The van der Waals surface area contributed by atoms with Crippen LogP contribution in [-0.4, -0.2) is 10.1 Å². The van der Waals surface area contributed by atoms with Crippen LogP contribution >= 0.6 is 27.5 Å². The molecule has 112 valence electrons. The average Bonchev–Trinajstić information content (AvgIpc) is 2.96. The summed E-state index contributed by atoms with van der Waals surface area (Å²) < 4.78 is 24.2. The molecule has 0 aliphatic carbocycles. The molecule has 0 spiro atoms. The van der Waals surface area contributed by atoms with Crippen LogP contribution in [0.3, 0.4) is 0 Å². The highest BCUT2D eigenvalue weighted by Crippen LogP contribution is 2.26. The van der Waals surface area contributed by atoms with E-state index in [1.807, 2.05) is 0 Å². The summed E-state index contributed by atoms with van der Waals surface area (Å²) in [6, 6.07) is 11.2. The summed E-state index contributed by atoms with van der Waals surface area (Å²) in [6.07, 6.45) is 0. The zero-order valence-corrected chi connectivity index (χ0v) is 13.4. The van der Waals surface area contributed by atoms with Crippen LogP contribution < -0.4 is 4.74 Å². The van der Waals surface area contributed by atoms with Gasteiger partial charge >= 0.3 is 0 Å². The van der Waals surface area contributed by atoms with Gasteiger partial charge in [-0.05, 0) is 58.4 Å². The Bertz CT molecular complexity index is 792. The average molecular weight is 384 g/mol. The van der Waals surface area contributed by atoms with Gasteiger partial charge in [-0.25, -0.2) is 4.39 Å². The molecule has 7 heteroatoms. The lowest BCUT2D eigenvalue weighted by molar-refractivity contribution is 0.285. The third kappa shape index (κ3) is 3.45. The van der Waals surface area contributed by atoms with E-state index in [0.717, 1.165) is 5.56 Å². The number of ether oxygens (including phenoxy) is 1. The van der Waals surface area contributed by atoms with Crippen molar-refractivity contribution in [2.75, 3.05) is 0 Å². The highest BCUT2D eigenvalue weighted by Gasteiger charge is 2.10. The maximum Gasteiger partial charge on any atom is 0.258 e. The van der Waals surface area contributed by atoms with Gasteiger partial charge in [0, 0.05) is 10.6 Å². The number of nitrogens with zero attached hydrogens (tertiary/aromatic N) is 2. The summed E-state index contributed by atoms with van der Waals surface area (Å²) in [5, 5.41) is 4.48. The minimum atomic E-state index is -0.344. The van der Waals surface area contributed by atoms with E-state index in [1.165, 1.54) is 18.2 Å². The second kappa shape index (κ2) is 6.46. The van der Waals surface area contributed by atoms with Crippen LogP contribution in [0.15, 0.2) is 51.5 Å². The summed E-state index contributed by atoms with van der Waals surface area (Å²) in [7, 11) is 0. The predicted octanol–water partition coefficient (Wildman–Crippen LogP) is 4.87. The van der Waals surface area contributed by atoms with Crippen LogP contribution in [-0.2, 0) is 6.61 Å². The van der Waals surface area contributed by atoms with Crippen LogP contribution in [0.25, 0.3) is 11.5 Å². The Morgan fingerprint density at radius 2 is 1.95 bits per heavy atom. The maximum atomic E-state index is 13.0. The largest absolute Gasteiger partial charge is 0.484 e. The lowest BCUT2D eigenvalue weighted by Gasteiger charge is -2.05. The van der Waals surface area contributed by atoms with Gasteiger partial charge in [0.05, 0.1) is 4.47 Å². The highest BCUT2D eigenvalue weighted by atomic mass is 79.9. The third-order valence-corrected chi connectivity index (χ3v) is 3.68. The van der Waals surface area contributed by atoms with E-state index in [0.29, 0.717) is 27.0 Å². The van der Waals surface area contributed by atoms with Gasteiger partial charge in [-0.15, -0.1) is 0 Å². The van der Waals surface area contributed by atoms with E-state index in [4.69, 9.17) is 20.9 Å². The fraction of sp³-hybridized carbons (Fsp3) is 0.0667. The Morgan fingerprint density at radius 1 is 1.18 bits per heavy atom. The molecule has 1 heterocycles. The van der Waals surface area contributed by atoms with Crippen molar-refractivity contribution in [3.05, 3.63) is 63.6 Å². The normalized spacial score (nSPS) is 10.7. The Balaban J connectivity index is 1.70. The van der Waals surface area contributed by atoms with Crippen molar-refractivity contribution in [1.29, 1.82) is 0 Å². The number of aromatic nitrogens is 2. The Kier molecular flexibility index (Phi) is 4.40. The van der Waals surface area contributed by atoms with Gasteiger partial charge in [-0.3, -0.25) is 0 Å². The first kappa shape index (κ1) is 15.0. The van der Waals surface area contributed by atoms with Gasteiger partial charge in [-0.1, -0.05) is 16.8 Å². The van der Waals surface area contributed by atoms with Gasteiger partial charge in [0.25, 0.3) is 5.89 Å². The molecule has 3 aromatic rings. The summed E-state index contributed by atoms with van der Waals surface area (Å²) >= 11 is 9.06. The molecule has 2 aromatic carbocycles. The third-order valence-electron chi connectivity index (χ3n) is 2.81. The van der Waals surface area contributed by atoms with E-state index < -0.39 is 0 Å². The van der Waals surface area contributed by atoms with Gasteiger partial charge in [0.1, 0.15) is 11.6 Å². The molecule has 0 amide bonds. The molecule has 0 saturated heterocycles. The minimum absolute atomic E-state index is 0.112. The zero-order valence-electron chi connectivity index (χ0n) is 11.1. The molecule has 4 nitrogen and oxygen atoms in total. The van der Waals surface area contributed by atoms with E-state index in [2.05, 4.69) is 26.1 Å². The van der Waals surface area contributed by atoms with Gasteiger partial charge in [0.15, 0.2) is 6.61 Å². The van der Waals surface area contributed by atoms with Crippen LogP contribution in [0.4, 0.5) is 4.39 Å². The van der Waals surface area contributed by atoms with Gasteiger partial charge < -0.3 is 9.26 Å². The smallest absolute Gasteiger partial charge is 0.258 e. The predicted molar refractivity (Wildman–Crippen MR) is 83.2 cm³/mol. The van der Waals surface area contributed by atoms with Crippen molar-refractivity contribution in [2.45, 2.75) is 6.61 Å². The Labute approximate surface area is 139 Å².